The Hall–Kier alpha value is -11.9. The number of carbonyl (C=O) groups is 10. The number of nitro groups is 3. The number of nitro benzene ring substituents is 3. The quantitative estimate of drug-likeness (QED) is 0.00534. The fraction of sp³-hybridized carbons (Fsp3) is 0.635. The van der Waals surface area contributed by atoms with Gasteiger partial charge >= 0.3 is 59.9 Å². The summed E-state index contributed by atoms with van der Waals surface area (Å²) in [6.45, 7) is 35.3. The normalized spacial score (nSPS) is 14.2. The molecule has 0 aliphatic heterocycles. The second-order valence-corrected chi connectivity index (χ2v) is 43.4. The van der Waals surface area contributed by atoms with Crippen LogP contribution in [0.3, 0.4) is 0 Å². The molecule has 0 saturated heterocycles. The van der Waals surface area contributed by atoms with Crippen LogP contribution < -0.4 is 26.8 Å². The van der Waals surface area contributed by atoms with Crippen LogP contribution in [0.25, 0.3) is 4.95 Å². The molecule has 0 heterocycles. The van der Waals surface area contributed by atoms with Crippen molar-refractivity contribution < 1.29 is 170 Å². The van der Waals surface area contributed by atoms with Gasteiger partial charge in [0.15, 0.2) is 6.54 Å². The Morgan fingerprint density at radius 1 is 0.421 bits per heavy atom. The molecule has 50 nitrogen and oxygen atoms in total. The van der Waals surface area contributed by atoms with Gasteiger partial charge < -0.3 is 89.3 Å². The lowest BCUT2D eigenvalue weighted by molar-refractivity contribution is -0.385. The minimum Gasteiger partial charge on any atom is -0.459 e. The number of alkyl carbamates (subject to hydrolysis) is 1. The Balaban J connectivity index is -0.000000329. The number of non-ortho nitro benzene ring substituents is 3. The Bertz CT molecular complexity index is 5650. The van der Waals surface area contributed by atoms with Crippen molar-refractivity contribution in [3.05, 3.63) is 115 Å². The predicted molar refractivity (Wildman–Crippen MR) is 520 cm³/mol. The summed E-state index contributed by atoms with van der Waals surface area (Å²) >= 11 is 0. The first-order valence-electron chi connectivity index (χ1n) is 49.1. The van der Waals surface area contributed by atoms with Gasteiger partial charge in [-0.1, -0.05) is 10.3 Å². The molecule has 55 heteroatoms. The monoisotopic (exact) mass is 2120 g/mol. The van der Waals surface area contributed by atoms with Crippen molar-refractivity contribution in [2.24, 2.45) is 21.8 Å². The first kappa shape index (κ1) is 107. The molecule has 3 aromatic carbocycles. The summed E-state index contributed by atoms with van der Waals surface area (Å²) in [5, 5.41) is 58.5. The van der Waals surface area contributed by atoms with Crippen molar-refractivity contribution in [3.63, 3.8) is 0 Å². The molecule has 0 saturated carbocycles. The maximum absolute atomic E-state index is 12.5. The maximum Gasteiger partial charge on any atom is 0.414 e. The average Bonchev–Trinajstić information content (AvgIpc) is 0.777. The fourth-order valence-corrected chi connectivity index (χ4v) is 10.3. The minimum absolute atomic E-state index is 0. The Morgan fingerprint density at radius 3 is 1.00 bits per heavy atom. The molecule has 9 N–H and O–H groups in total. The molecule has 0 radical (unpaired) electrons. The van der Waals surface area contributed by atoms with Crippen molar-refractivity contribution >= 4 is 141 Å². The second-order valence-electron chi connectivity index (χ2n) is 37.2. The number of esters is 8. The van der Waals surface area contributed by atoms with Crippen LogP contribution in [0.1, 0.15) is 232 Å². The van der Waals surface area contributed by atoms with Crippen LogP contribution in [-0.2, 0) is 115 Å². The molecule has 0 bridgehead atoms. The second kappa shape index (κ2) is 62.3. The number of hydrogen-bond donors (Lipinski definition) is 7. The zero-order valence-corrected chi connectivity index (χ0v) is 87.7. The molecular weight excluding hydrogens is 1960 g/mol. The van der Waals surface area contributed by atoms with Crippen LogP contribution in [0.2, 0.25) is 0 Å². The summed E-state index contributed by atoms with van der Waals surface area (Å²) in [5.74, 6) is -7.28. The number of nitrogens with two attached hydrogens (primary N) is 2. The highest BCUT2D eigenvalue weighted by Crippen LogP contribution is 2.23. The molecule has 0 aliphatic carbocycles. The van der Waals surface area contributed by atoms with Gasteiger partial charge in [0.2, 0.25) is 32.0 Å². The molecular formula is C85H146Cl2N16O34S3. The summed E-state index contributed by atoms with van der Waals surface area (Å²) in [7, 11) is -7.33. The number of benzene rings is 3. The number of nitrogens with one attached hydrogen (secondary N) is 3. The van der Waals surface area contributed by atoms with E-state index in [9.17, 15) is 104 Å². The number of nitrogens with zero attached hydrogens (tertiary/aromatic N) is 11. The molecule has 0 fully saturated rings. The lowest BCUT2D eigenvalue weighted by atomic mass is 10.2. The van der Waals surface area contributed by atoms with Crippen LogP contribution in [0, 0.1) is 36.9 Å². The predicted octanol–water partition coefficient (Wildman–Crippen LogP) is 10.3. The van der Waals surface area contributed by atoms with Gasteiger partial charge in [0, 0.05) is 95.5 Å². The topological polar surface area (TPSA) is 669 Å². The van der Waals surface area contributed by atoms with Crippen LogP contribution in [-0.4, -0.2) is 297 Å². The minimum atomic E-state index is -4.60. The van der Waals surface area contributed by atoms with Crippen LogP contribution in [0.15, 0.2) is 97.8 Å². The van der Waals surface area contributed by atoms with E-state index in [1.54, 1.807) is 208 Å². The van der Waals surface area contributed by atoms with Crippen molar-refractivity contribution in [1.29, 1.82) is 0 Å². The zero-order valence-electron chi connectivity index (χ0n) is 102. The van der Waals surface area contributed by atoms with E-state index < -0.39 is 252 Å². The van der Waals surface area contributed by atoms with E-state index in [4.69, 9.17) is 111 Å². The third kappa shape index (κ3) is 79.9. The third-order valence-electron chi connectivity index (χ3n) is 12.0. The maximum atomic E-state index is 12.5. The molecule has 802 valence electrons. The Labute approximate surface area is 856 Å². The van der Waals surface area contributed by atoms with Crippen LogP contribution in [0.5, 0.6) is 0 Å². The molecule has 140 heavy (non-hydrogen) atoms. The number of carbonyl (C=O) groups excluding carboxylic acids is 10. The molecule has 0 unspecified atom stereocenters. The summed E-state index contributed by atoms with van der Waals surface area (Å²) < 4.78 is 251. The molecule has 0 aliphatic rings. The summed E-state index contributed by atoms with van der Waals surface area (Å²) in [4.78, 5) is 147. The van der Waals surface area contributed by atoms with Gasteiger partial charge in [-0.05, 0) is 251 Å². The number of amides is 2. The van der Waals surface area contributed by atoms with E-state index >= 15 is 0 Å². The molecule has 2 amide bonds. The Kier molecular flexibility index (Phi) is 47.6. The average molecular weight is 2120 g/mol. The highest BCUT2D eigenvalue weighted by atomic mass is 35.7. The summed E-state index contributed by atoms with van der Waals surface area (Å²) in [5.41, 5.74) is 2.11. The van der Waals surface area contributed by atoms with Gasteiger partial charge in [0.1, 0.15) is 88.7 Å². The standard InChI is InChI=1S/C13H25N3O5.C13H18N2O6S.C12H16N2O6S.C12H23NO4.C8H17N3O3.C8H14N2O2.C7H15NO2.C6H4ClNO4S.C6H13NO2.ClH/c1-12(2,3)20-9(17)8-16(7)10(15-19)14-11(18)21-13(4,5)6;1-13(2,3)21-12(16)9-14(4)22(19,20)11-7-5-10(6-8-11)15(17)18;1-12(2,3)20-11(15)8-13-21(18,19)10-6-4-9(5-7-10)14(16)17;1-11(2,3)16-9(14)8-13(7)10(15)17-12(4,5)6;1-8(2,3)14-6(12)5-11(4)7(9)10-13;1-8(2,3)12-7(11)6-10(5)9-4;1-7(2,3)10-6(9)5-8-4;7-13(11,12)6-3-1-5(2-4-6)8(9)10;1-6(2,3)9-5(8)4-7;/h19H,8H2,1-7H3,(H,14,15,18);5-8H,9H2,1-4H3;4-7,13H,8H2,1-3H3;8H2,1-7H3;13H,5H2,1-4H3,(H2,9,10);6H2,1-3,5H3;8H,5H2,1-4H3;1-4H;4,7H2,1-3H3;1H/i7D3;4D3;;7D3;4D3;5D3;4D3;;;. The number of ether oxygens (including phenoxy) is 10. The van der Waals surface area contributed by atoms with E-state index in [0.29, 0.717) is 19.7 Å². The van der Waals surface area contributed by atoms with E-state index in [0.717, 1.165) is 72.8 Å². The number of rotatable bonds is 23. The van der Waals surface area contributed by atoms with Crippen molar-refractivity contribution in [3.8, 4) is 0 Å². The highest BCUT2D eigenvalue weighted by molar-refractivity contribution is 8.13. The van der Waals surface area contributed by atoms with E-state index in [-0.39, 0.29) is 62.6 Å². The summed E-state index contributed by atoms with van der Waals surface area (Å²) in [6, 6.07) is 12.3. The molecule has 0 atom stereocenters. The highest BCUT2D eigenvalue weighted by Gasteiger charge is 2.31. The van der Waals surface area contributed by atoms with E-state index in [2.05, 4.69) is 25.3 Å². The van der Waals surface area contributed by atoms with Crippen molar-refractivity contribution in [1.82, 2.24) is 39.4 Å². The Morgan fingerprint density at radius 2 is 0.721 bits per heavy atom. The van der Waals surface area contributed by atoms with Gasteiger partial charge in [-0.15, -0.1) is 17.4 Å². The number of sulfonamides is 2. The lowest BCUT2D eigenvalue weighted by Gasteiger charge is -2.25. The lowest BCUT2D eigenvalue weighted by Crippen LogP contribution is -2.46. The van der Waals surface area contributed by atoms with Gasteiger partial charge in [-0.25, -0.2) is 39.6 Å². The van der Waals surface area contributed by atoms with Gasteiger partial charge in [0.25, 0.3) is 26.1 Å². The number of hydrogen-bond acceptors (Lipinski definition) is 39. The number of oxime groups is 2. The van der Waals surface area contributed by atoms with Gasteiger partial charge in [-0.2, -0.15) is 20.6 Å². The molecule has 0 aromatic heterocycles. The smallest absolute Gasteiger partial charge is 0.414 e. The molecule has 3 aromatic rings. The van der Waals surface area contributed by atoms with Gasteiger partial charge in [0.05, 0.1) is 53.6 Å². The van der Waals surface area contributed by atoms with Crippen molar-refractivity contribution in [2.45, 2.75) is 278 Å². The third-order valence-corrected chi connectivity index (χ3v) is 16.3. The molecule has 3 rings (SSSR count). The summed E-state index contributed by atoms with van der Waals surface area (Å²) in [6.07, 6.45) is -2.11. The first-order valence-corrected chi connectivity index (χ1v) is 45.4. The fourth-order valence-electron chi connectivity index (χ4n) is 7.54. The van der Waals surface area contributed by atoms with Crippen molar-refractivity contribution in [2.75, 3.05) is 94.2 Å². The number of halogens is 2. The SMILES string of the molecule is CC(C)(C)OC(=O)CN.CC(C)(C)OC(=O)CNS(=O)(=O)c1ccc([N+](=O)[O-])cc1.Cl.O=[N+]([O-])c1ccc(S(=O)(=O)Cl)cc1.[2H]C([2H])([2H])N(CC(=O)OC(C)(C)C)/C(=N\O)NC(=O)OC(C)(C)C.[2H]C([2H])([2H])N(CC(=O)OC(C)(C)C)/C(N)=N\O.[2H]C([2H])([2H])N(CC(=O)OC(C)(C)C)C(=O)OC(C)(C)C.[2H]C([2H])([2H])N(CC(=O)OC(C)(C)C)S(=O)(=O)c1ccc([N+](=O)[O-])cc1.[2H]C([2H])([2H])N(CC(=O)OC(C)(C)C)[N+]#[C-].[2H]C([2H])([2H])NCC(=O)OC(C)(C)C. The number of guanidine groups is 2. The van der Waals surface area contributed by atoms with Gasteiger partial charge in [-0.3, -0.25) is 69.2 Å². The van der Waals surface area contributed by atoms with Crippen LogP contribution >= 0.6 is 23.1 Å². The van der Waals surface area contributed by atoms with Crippen LogP contribution in [0.4, 0.5) is 26.7 Å². The first-order chi connectivity index (χ1) is 69.3. The molecule has 0 spiro atoms. The van der Waals surface area contributed by atoms with E-state index in [1.165, 1.54) is 0 Å². The number of likely N-dealkylation sites (N-methyl/N-ethyl adjacent to an activating group) is 6. The van der Waals surface area contributed by atoms with E-state index in [1.807, 2.05) is 5.32 Å². The largest absolute Gasteiger partial charge is 0.459 e. The zero-order chi connectivity index (χ0) is 126.